The third-order valence-electron chi connectivity index (χ3n) is 22.1. The summed E-state index contributed by atoms with van der Waals surface area (Å²) < 4.78 is 107. The van der Waals surface area contributed by atoms with Gasteiger partial charge in [-0.1, -0.05) is 0 Å². The average Bonchev–Trinajstić information content (AvgIpc) is 0.770. The fourth-order valence-electron chi connectivity index (χ4n) is 15.5. The molecule has 9 fully saturated rings. The van der Waals surface area contributed by atoms with Crippen molar-refractivity contribution in [3.8, 4) is 0 Å². The molecule has 55 nitrogen and oxygen atoms in total. The van der Waals surface area contributed by atoms with Crippen molar-refractivity contribution >= 4 is 23.6 Å². The molecule has 0 aromatic heterocycles. The van der Waals surface area contributed by atoms with Crippen LogP contribution < -0.4 is 21.3 Å². The summed E-state index contributed by atoms with van der Waals surface area (Å²) in [6.07, 6.45) is -96.7. The maximum atomic E-state index is 13.2. The third-order valence-corrected chi connectivity index (χ3v) is 22.1. The predicted molar refractivity (Wildman–Crippen MR) is 378 cm³/mol. The maximum Gasteiger partial charge on any atom is 0.217 e. The van der Waals surface area contributed by atoms with Crippen molar-refractivity contribution in [2.24, 2.45) is 0 Å². The Morgan fingerprint density at radius 1 is 0.276 bits per heavy atom. The highest BCUT2D eigenvalue weighted by Gasteiger charge is 2.62. The van der Waals surface area contributed by atoms with E-state index in [0.29, 0.717) is 0 Å². The van der Waals surface area contributed by atoms with Gasteiger partial charge in [-0.25, -0.2) is 0 Å². The molecule has 9 heterocycles. The smallest absolute Gasteiger partial charge is 0.217 e. The fraction of sp³-hybridized carbons (Fsp3) is 0.941. The van der Waals surface area contributed by atoms with Crippen molar-refractivity contribution in [1.82, 2.24) is 21.3 Å². The second kappa shape index (κ2) is 45.7. The van der Waals surface area contributed by atoms with Crippen LogP contribution in [0, 0.1) is 0 Å². The van der Waals surface area contributed by atoms with Gasteiger partial charge in [0.25, 0.3) is 0 Å². The summed E-state index contributed by atoms with van der Waals surface area (Å²) in [7, 11) is 0. The Morgan fingerprint density at radius 2 is 0.561 bits per heavy atom. The van der Waals surface area contributed by atoms with Crippen LogP contribution in [-0.2, 0) is 104 Å². The predicted octanol–water partition coefficient (Wildman–Crippen LogP) is -22.6. The molecule has 714 valence electrons. The molecule has 0 aromatic rings. The number of carbonyl (C=O) groups is 4. The minimum Gasteiger partial charge on any atom is -0.394 e. The summed E-state index contributed by atoms with van der Waals surface area (Å²) in [6.45, 7) is -8.85. The van der Waals surface area contributed by atoms with Crippen molar-refractivity contribution in [2.45, 2.75) is 328 Å². The number of aliphatic hydroxyl groups is 29. The molecular weight excluding hydrogens is 1690 g/mol. The molecule has 9 aliphatic heterocycles. The number of ether oxygens (including phenoxy) is 18. The second-order valence-electron chi connectivity index (χ2n) is 30.7. The van der Waals surface area contributed by atoms with E-state index in [1.807, 2.05) is 0 Å². The maximum absolute atomic E-state index is 13.2. The fourth-order valence-corrected chi connectivity index (χ4v) is 15.5. The number of carbonyl (C=O) groups excluding carboxylic acids is 4. The van der Waals surface area contributed by atoms with Crippen molar-refractivity contribution < 1.29 is 253 Å². The summed E-state index contributed by atoms with van der Waals surface area (Å²) in [4.78, 5) is 51.2. The van der Waals surface area contributed by atoms with Gasteiger partial charge in [-0.15, -0.1) is 0 Å². The highest BCUT2D eigenvalue weighted by molar-refractivity contribution is 5.74. The normalized spacial score (nSPS) is 46.7. The van der Waals surface area contributed by atoms with E-state index in [0.717, 1.165) is 27.7 Å². The number of rotatable bonds is 36. The standard InChI is InChI=1S/C68H116N4O51/c1-16(83)69-20(5-73)34(88)52(21(87)6-74)116-60-31(70-17(2)84)41(95)55(28(13-81)112-60)119-66-51(105)57(40(94)30(115-66)15-106-67-58(46(100)37(91)24(9-77)110-67)122-61-32(71-18(3)85)42(96)53(27(12-80)113-61)117-63-48(102)44(98)35(89)22(7-75)107-63)121-68-59(47(101)38(92)25(10-78)111-68)123-62-33(72-19(4)86)43(97)54(29(14-82)114-62)118-65-50(104)56(39(93)26(11-79)109-65)120-64-49(103)45(99)36(90)23(8-76)108-64/h20-68,73-82,87-105H,5-15H2,1-4H3,(H,69,83)(H,70,84)(H,71,85)(H,72,86)/t20-,21+,22+,23+,24+,25+,26+,27+,28+,29+,30+,31+,32+,33+,34+,35-,36-,37+,38+,39-,40+,41+,42+,43+,44-,45-,46-,47-,48+,49+,50+,51-,52+,53+,54+,55+,56-,57-,58-,59-,60-,61-,62-,63-,64+,65-,66-,67-,68+/m0/s1. The molecule has 0 spiro atoms. The third kappa shape index (κ3) is 23.3. The zero-order valence-corrected chi connectivity index (χ0v) is 66.0. The Kier molecular flexibility index (Phi) is 38.2. The Balaban J connectivity index is 1.05. The molecular formula is C68H116N4O51. The van der Waals surface area contributed by atoms with Crippen LogP contribution in [0.1, 0.15) is 27.7 Å². The number of amides is 4. The van der Waals surface area contributed by atoms with Crippen molar-refractivity contribution in [3.05, 3.63) is 0 Å². The molecule has 49 atom stereocenters. The summed E-state index contributed by atoms with van der Waals surface area (Å²) >= 11 is 0. The zero-order chi connectivity index (χ0) is 90.9. The molecule has 0 radical (unpaired) electrons. The lowest BCUT2D eigenvalue weighted by molar-refractivity contribution is -0.400. The number of hydrogen-bond donors (Lipinski definition) is 33. The second-order valence-corrected chi connectivity index (χ2v) is 30.7. The van der Waals surface area contributed by atoms with Crippen LogP contribution in [0.25, 0.3) is 0 Å². The van der Waals surface area contributed by atoms with Crippen LogP contribution in [0.4, 0.5) is 0 Å². The molecule has 9 rings (SSSR count). The van der Waals surface area contributed by atoms with Crippen LogP contribution in [0.5, 0.6) is 0 Å². The molecule has 4 amide bonds. The van der Waals surface area contributed by atoms with Crippen LogP contribution >= 0.6 is 0 Å². The number of aliphatic hydroxyl groups excluding tert-OH is 29. The lowest BCUT2D eigenvalue weighted by atomic mass is 9.94. The highest BCUT2D eigenvalue weighted by atomic mass is 16.8. The molecule has 0 aromatic carbocycles. The van der Waals surface area contributed by atoms with Gasteiger partial charge in [0.2, 0.25) is 23.6 Å². The van der Waals surface area contributed by atoms with Gasteiger partial charge in [-0.3, -0.25) is 19.2 Å². The number of nitrogens with one attached hydrogen (secondary N) is 4. The van der Waals surface area contributed by atoms with E-state index in [4.69, 9.17) is 85.3 Å². The number of hydrogen-bond acceptors (Lipinski definition) is 51. The molecule has 33 N–H and O–H groups in total. The van der Waals surface area contributed by atoms with E-state index >= 15 is 0 Å². The van der Waals surface area contributed by atoms with Gasteiger partial charge < -0.3 is 255 Å². The van der Waals surface area contributed by atoms with Crippen molar-refractivity contribution in [2.75, 3.05) is 72.7 Å². The summed E-state index contributed by atoms with van der Waals surface area (Å²) in [5, 5.41) is 331. The molecule has 9 saturated heterocycles. The first kappa shape index (κ1) is 103. The Labute approximate surface area is 696 Å². The monoisotopic (exact) mass is 1800 g/mol. The summed E-state index contributed by atoms with van der Waals surface area (Å²) in [6, 6.07) is -7.69. The first-order valence-corrected chi connectivity index (χ1v) is 39.1. The molecule has 0 aliphatic carbocycles. The van der Waals surface area contributed by atoms with Crippen LogP contribution in [0.2, 0.25) is 0 Å². The topological polar surface area (TPSA) is 869 Å². The molecule has 55 heteroatoms. The van der Waals surface area contributed by atoms with Gasteiger partial charge in [-0.2, -0.15) is 0 Å². The molecule has 0 bridgehead atoms. The van der Waals surface area contributed by atoms with E-state index in [1.54, 1.807) is 0 Å². The summed E-state index contributed by atoms with van der Waals surface area (Å²) in [5.74, 6) is -3.81. The molecule has 0 unspecified atom stereocenters. The van der Waals surface area contributed by atoms with Crippen LogP contribution in [-0.4, -0.2) is 545 Å². The minimum atomic E-state index is -2.64. The first-order valence-electron chi connectivity index (χ1n) is 39.1. The van der Waals surface area contributed by atoms with Crippen LogP contribution in [0.15, 0.2) is 0 Å². The van der Waals surface area contributed by atoms with Crippen molar-refractivity contribution in [3.63, 3.8) is 0 Å². The summed E-state index contributed by atoms with van der Waals surface area (Å²) in [5.41, 5.74) is 0. The largest absolute Gasteiger partial charge is 0.394 e. The van der Waals surface area contributed by atoms with Gasteiger partial charge in [-0.05, 0) is 0 Å². The lowest BCUT2D eigenvalue weighted by Crippen LogP contribution is -2.70. The van der Waals surface area contributed by atoms with E-state index in [9.17, 15) is 167 Å². The molecule has 9 aliphatic rings. The highest BCUT2D eigenvalue weighted by Crippen LogP contribution is 2.41. The Morgan fingerprint density at radius 3 is 0.919 bits per heavy atom. The molecule has 0 saturated carbocycles. The zero-order valence-electron chi connectivity index (χ0n) is 66.0. The quantitative estimate of drug-likeness (QED) is 0.0277. The lowest BCUT2D eigenvalue weighted by Gasteiger charge is -2.51. The van der Waals surface area contributed by atoms with Crippen LogP contribution in [0.3, 0.4) is 0 Å². The van der Waals surface area contributed by atoms with Gasteiger partial charge in [0.1, 0.15) is 238 Å². The van der Waals surface area contributed by atoms with E-state index in [1.165, 1.54) is 0 Å². The van der Waals surface area contributed by atoms with Crippen molar-refractivity contribution in [1.29, 1.82) is 0 Å². The molecule has 123 heavy (non-hydrogen) atoms. The SMILES string of the molecule is CC(=O)N[C@H]1[C@H](O[C@@H]([C@H](O)[C@H](CO)NC(C)=O)[C@H](O)CO)O[C@H](CO)[C@@H](O[C@@H]2O[C@H](CO[C@H]3O[C@H](CO)[C@@H](O)[C@H](O)[C@@H]3O[C@@H]3O[C@H](CO)[C@@H](O[C@@H]4O[C@H](CO)[C@H](O)[C@H](O)[C@H]4O)[C@H](O)[C@H]3NC(C)=O)[C@@H](O)[C@H](O[C@H]3O[C@H](CO)[C@@H](O)[C@H](O)[C@@H]3O[C@@H]3O[C@H](CO)[C@@H](O[C@@H]4O[C@H](CO)[C@H](O)[C@H](O[C@H]5O[C@H](CO)[C@H](O)[C@H](O)[C@H]5O)[C@H]4O)[C@H](O)[C@H]3NC(C)=O)[C@@H]2O)[C@@H]1O. The van der Waals surface area contributed by atoms with Gasteiger partial charge in [0.05, 0.1) is 78.7 Å². The average molecular weight is 1810 g/mol. The van der Waals surface area contributed by atoms with E-state index < -0.39 is 397 Å². The van der Waals surface area contributed by atoms with Gasteiger partial charge >= 0.3 is 0 Å². The van der Waals surface area contributed by atoms with E-state index in [2.05, 4.69) is 21.3 Å². The first-order chi connectivity index (χ1) is 58.2. The van der Waals surface area contributed by atoms with Gasteiger partial charge in [0, 0.05) is 27.7 Å². The van der Waals surface area contributed by atoms with Gasteiger partial charge in [0.15, 0.2) is 56.6 Å². The Bertz CT molecular complexity index is 3250. The Hall–Kier alpha value is -4.00. The van der Waals surface area contributed by atoms with E-state index in [-0.39, 0.29) is 0 Å². The minimum absolute atomic E-state index is 0.828.